The van der Waals surface area contributed by atoms with E-state index in [-0.39, 0.29) is 0 Å². The molecule has 4 aromatic rings. The van der Waals surface area contributed by atoms with Gasteiger partial charge in [-0.25, -0.2) is 0 Å². The normalized spacial score (nSPS) is 12.2. The average Bonchev–Trinajstić information content (AvgIpc) is 3.37. The van der Waals surface area contributed by atoms with Gasteiger partial charge in [-0.15, -0.1) is 0 Å². The molecule has 0 saturated carbocycles. The highest BCUT2D eigenvalue weighted by molar-refractivity contribution is 6.29. The number of aryl methyl sites for hydroxylation is 1. The lowest BCUT2D eigenvalue weighted by Crippen LogP contribution is -2.23. The van der Waals surface area contributed by atoms with Crippen LogP contribution >= 0.6 is 0 Å². The first-order chi connectivity index (χ1) is 15.2. The van der Waals surface area contributed by atoms with E-state index in [9.17, 15) is 9.59 Å². The highest BCUT2D eigenvalue weighted by atomic mass is 16.5. The minimum atomic E-state index is -0.426. The highest BCUT2D eigenvalue weighted by Gasteiger charge is 2.21. The lowest BCUT2D eigenvalue weighted by atomic mass is 10.0. The molecule has 0 aliphatic rings. The van der Waals surface area contributed by atoms with Gasteiger partial charge >= 0.3 is 0 Å². The van der Waals surface area contributed by atoms with Gasteiger partial charge in [0.25, 0.3) is 5.91 Å². The van der Waals surface area contributed by atoms with Crippen LogP contribution in [0.3, 0.4) is 0 Å². The van der Waals surface area contributed by atoms with Crippen molar-refractivity contribution in [3.05, 3.63) is 72.6 Å². The first kappa shape index (κ1) is 20.6. The maximum absolute atomic E-state index is 13.1. The summed E-state index contributed by atoms with van der Waals surface area (Å²) in [7, 11) is 1.69. The van der Waals surface area contributed by atoms with Crippen LogP contribution in [0.2, 0.25) is 0 Å². The number of nitrogens with one attached hydrogen (secondary N) is 1. The van der Waals surface area contributed by atoms with Gasteiger partial charge in [0.05, 0.1) is 11.1 Å². The van der Waals surface area contributed by atoms with Crippen molar-refractivity contribution in [3.63, 3.8) is 0 Å². The van der Waals surface area contributed by atoms with Gasteiger partial charge in [-0.3, -0.25) is 14.9 Å². The number of rotatable bonds is 8. The van der Waals surface area contributed by atoms with Crippen LogP contribution in [-0.2, 0) is 20.9 Å². The zero-order chi connectivity index (χ0) is 21.8. The van der Waals surface area contributed by atoms with Crippen LogP contribution < -0.4 is 5.32 Å². The van der Waals surface area contributed by atoms with E-state index in [2.05, 4.69) is 9.88 Å². The molecule has 2 amide bonds. The molecule has 0 aliphatic heterocycles. The molecule has 1 N–H and O–H groups in total. The van der Waals surface area contributed by atoms with Gasteiger partial charge < -0.3 is 13.9 Å². The van der Waals surface area contributed by atoms with Gasteiger partial charge in [0, 0.05) is 54.8 Å². The molecule has 0 spiro atoms. The molecular weight excluding hydrogens is 390 g/mol. The van der Waals surface area contributed by atoms with Crippen LogP contribution in [0.25, 0.3) is 33.1 Å². The summed E-state index contributed by atoms with van der Waals surface area (Å²) in [5.41, 5.74) is 4.05. The number of benzene rings is 2. The van der Waals surface area contributed by atoms with Crippen LogP contribution in [0, 0.1) is 0 Å². The van der Waals surface area contributed by atoms with Crippen LogP contribution in [-0.4, -0.2) is 35.2 Å². The van der Waals surface area contributed by atoms with E-state index >= 15 is 0 Å². The molecule has 6 heteroatoms. The Kier molecular flexibility index (Phi) is 6.00. The van der Waals surface area contributed by atoms with Crippen LogP contribution in [0.5, 0.6) is 0 Å². The molecule has 0 aliphatic carbocycles. The van der Waals surface area contributed by atoms with Crippen molar-refractivity contribution in [1.29, 1.82) is 0 Å². The van der Waals surface area contributed by atoms with E-state index in [0.717, 1.165) is 46.0 Å². The first-order valence-corrected chi connectivity index (χ1v) is 10.2. The van der Waals surface area contributed by atoms with Crippen molar-refractivity contribution in [1.82, 2.24) is 14.5 Å². The fraction of sp³-hybridized carbons (Fsp3) is 0.200. The predicted molar refractivity (Wildman–Crippen MR) is 123 cm³/mol. The molecule has 0 radical (unpaired) electrons. The Hall–Kier alpha value is -3.64. The number of aromatic nitrogens is 2. The van der Waals surface area contributed by atoms with E-state index in [0.29, 0.717) is 18.6 Å². The smallest absolute Gasteiger partial charge is 0.260 e. The highest BCUT2D eigenvalue weighted by Crippen LogP contribution is 2.32. The maximum atomic E-state index is 13.1. The molecule has 31 heavy (non-hydrogen) atoms. The third-order valence-corrected chi connectivity index (χ3v) is 5.55. The van der Waals surface area contributed by atoms with Gasteiger partial charge in [0.1, 0.15) is 0 Å². The maximum Gasteiger partial charge on any atom is 0.260 e. The third-order valence-electron chi connectivity index (χ3n) is 5.55. The molecular formula is C25H25N3O3. The second kappa shape index (κ2) is 9.02. The molecule has 4 rings (SSSR count). The lowest BCUT2D eigenvalue weighted by molar-refractivity contribution is -0.121. The number of hydrogen-bond donors (Lipinski definition) is 1. The monoisotopic (exact) mass is 415 g/mol. The van der Waals surface area contributed by atoms with Gasteiger partial charge in [-0.2, -0.15) is 0 Å². The minimum Gasteiger partial charge on any atom is -0.385 e. The largest absolute Gasteiger partial charge is 0.385 e. The summed E-state index contributed by atoms with van der Waals surface area (Å²) in [5.74, 6) is -0.426. The standard InChI is InChI=1S/C25H25N3O3/c1-18(28-14-12-19-8-3-5-10-22(19)28)24(25(30)26-17-29)21-16-27(13-7-15-31-2)23-11-6-4-9-20(21)23/h3-6,8-12,14,16-17H,7,13,15H2,1-2H3,(H,26,29,30)/b24-18+. The summed E-state index contributed by atoms with van der Waals surface area (Å²) in [6, 6.07) is 18.0. The molecule has 6 nitrogen and oxygen atoms in total. The number of methoxy groups -OCH3 is 1. The summed E-state index contributed by atoms with van der Waals surface area (Å²) in [6.07, 6.45) is 5.23. The Bertz CT molecular complexity index is 1280. The van der Waals surface area contributed by atoms with Crippen molar-refractivity contribution >= 4 is 45.4 Å². The molecule has 0 fully saturated rings. The van der Waals surface area contributed by atoms with E-state index in [1.54, 1.807) is 7.11 Å². The predicted octanol–water partition coefficient (Wildman–Crippen LogP) is 4.29. The molecule has 2 heterocycles. The summed E-state index contributed by atoms with van der Waals surface area (Å²) < 4.78 is 9.33. The molecule has 2 aromatic carbocycles. The Morgan fingerprint density at radius 1 is 1.06 bits per heavy atom. The zero-order valence-corrected chi connectivity index (χ0v) is 17.7. The second-order valence-electron chi connectivity index (χ2n) is 7.40. The number of amides is 2. The van der Waals surface area contributed by atoms with E-state index in [1.165, 1.54) is 0 Å². The second-order valence-corrected chi connectivity index (χ2v) is 7.40. The van der Waals surface area contributed by atoms with Gasteiger partial charge in [0.2, 0.25) is 6.41 Å². The van der Waals surface area contributed by atoms with Crippen molar-refractivity contribution in [2.45, 2.75) is 19.9 Å². The van der Waals surface area contributed by atoms with Crippen LogP contribution in [0.1, 0.15) is 18.9 Å². The van der Waals surface area contributed by atoms with Crippen molar-refractivity contribution in [2.24, 2.45) is 0 Å². The van der Waals surface area contributed by atoms with Crippen LogP contribution in [0.15, 0.2) is 67.0 Å². The summed E-state index contributed by atoms with van der Waals surface area (Å²) in [4.78, 5) is 24.2. The van der Waals surface area contributed by atoms with E-state index in [1.807, 2.05) is 78.5 Å². The molecule has 158 valence electrons. The summed E-state index contributed by atoms with van der Waals surface area (Å²) in [5, 5.41) is 4.39. The summed E-state index contributed by atoms with van der Waals surface area (Å²) >= 11 is 0. The number of nitrogens with zero attached hydrogens (tertiary/aromatic N) is 2. The minimum absolute atomic E-state index is 0.426. The van der Waals surface area contributed by atoms with Gasteiger partial charge in [0.15, 0.2) is 0 Å². The van der Waals surface area contributed by atoms with Gasteiger partial charge in [-0.05, 0) is 36.9 Å². The third kappa shape index (κ3) is 3.90. The topological polar surface area (TPSA) is 65.3 Å². The summed E-state index contributed by atoms with van der Waals surface area (Å²) in [6.45, 7) is 3.33. The number of hydrogen-bond acceptors (Lipinski definition) is 3. The van der Waals surface area contributed by atoms with Crippen LogP contribution in [0.4, 0.5) is 0 Å². The number of fused-ring (bicyclic) bond motifs is 2. The van der Waals surface area contributed by atoms with E-state index < -0.39 is 5.91 Å². The lowest BCUT2D eigenvalue weighted by Gasteiger charge is -2.13. The number of carbonyl (C=O) groups is 2. The quantitative estimate of drug-likeness (QED) is 0.265. The fourth-order valence-corrected chi connectivity index (χ4v) is 4.11. The molecule has 0 bridgehead atoms. The Morgan fingerprint density at radius 3 is 2.58 bits per heavy atom. The number of para-hydroxylation sites is 2. The average molecular weight is 415 g/mol. The zero-order valence-electron chi connectivity index (χ0n) is 17.7. The Morgan fingerprint density at radius 2 is 1.81 bits per heavy atom. The van der Waals surface area contributed by atoms with Crippen molar-refractivity contribution < 1.29 is 14.3 Å². The molecule has 2 aromatic heterocycles. The number of imide groups is 1. The molecule has 0 atom stereocenters. The van der Waals surface area contributed by atoms with Gasteiger partial charge in [-0.1, -0.05) is 36.4 Å². The molecule has 0 saturated heterocycles. The van der Waals surface area contributed by atoms with Crippen molar-refractivity contribution in [2.75, 3.05) is 13.7 Å². The van der Waals surface area contributed by atoms with Crippen molar-refractivity contribution in [3.8, 4) is 0 Å². The Balaban J connectivity index is 1.93. The first-order valence-electron chi connectivity index (χ1n) is 10.2. The van der Waals surface area contributed by atoms with E-state index in [4.69, 9.17) is 4.74 Å². The number of ether oxygens (including phenoxy) is 1. The Labute approximate surface area is 180 Å². The fourth-order valence-electron chi connectivity index (χ4n) is 4.11. The molecule has 0 unspecified atom stereocenters. The number of carbonyl (C=O) groups excluding carboxylic acids is 2. The SMILES string of the molecule is COCCCn1cc(/C(C(=O)NC=O)=C(/C)n2ccc3ccccc32)c2ccccc21. The number of allylic oxidation sites excluding steroid dienone is 1.